The van der Waals surface area contributed by atoms with Crippen molar-refractivity contribution in [2.45, 2.75) is 6.04 Å². The summed E-state index contributed by atoms with van der Waals surface area (Å²) in [5.74, 6) is -1.52. The van der Waals surface area contributed by atoms with Crippen molar-refractivity contribution in [3.63, 3.8) is 0 Å². The standard InChI is InChI=1S/C24H17ClN2O6/c1-33-19-12-10-17(11-13-19)26-21(14-4-8-18(9-5-14)27(31)32)20(23(29)24(26)30)22(28)15-2-6-16(25)7-3-15/h2-13,21,28H,1H3/b22-20+/t21-/m1/s1. The Labute approximate surface area is 193 Å². The first-order valence-corrected chi connectivity index (χ1v) is 10.1. The minimum atomic E-state index is -1.00. The van der Waals surface area contributed by atoms with Gasteiger partial charge in [0.15, 0.2) is 0 Å². The third kappa shape index (κ3) is 4.04. The van der Waals surface area contributed by atoms with Crippen molar-refractivity contribution in [2.24, 2.45) is 0 Å². The number of nitro benzene ring substituents is 1. The van der Waals surface area contributed by atoms with Gasteiger partial charge in [-0.15, -0.1) is 0 Å². The fourth-order valence-corrected chi connectivity index (χ4v) is 3.82. The molecule has 1 saturated heterocycles. The molecule has 0 unspecified atom stereocenters. The summed E-state index contributed by atoms with van der Waals surface area (Å²) in [6, 6.07) is 17.2. The highest BCUT2D eigenvalue weighted by Gasteiger charge is 2.47. The predicted molar refractivity (Wildman–Crippen MR) is 122 cm³/mol. The smallest absolute Gasteiger partial charge is 0.300 e. The van der Waals surface area contributed by atoms with Crippen LogP contribution < -0.4 is 9.64 Å². The molecule has 0 aromatic heterocycles. The summed E-state index contributed by atoms with van der Waals surface area (Å²) in [5, 5.41) is 22.6. The van der Waals surface area contributed by atoms with Gasteiger partial charge in [-0.3, -0.25) is 24.6 Å². The number of halogens is 1. The summed E-state index contributed by atoms with van der Waals surface area (Å²) in [4.78, 5) is 38.0. The summed E-state index contributed by atoms with van der Waals surface area (Å²) in [7, 11) is 1.50. The van der Waals surface area contributed by atoms with Crippen LogP contribution in [0.5, 0.6) is 5.75 Å². The number of nitrogens with zero attached hydrogens (tertiary/aromatic N) is 2. The number of carbonyl (C=O) groups excluding carboxylic acids is 2. The second-order valence-electron chi connectivity index (χ2n) is 7.22. The van der Waals surface area contributed by atoms with Crippen molar-refractivity contribution < 1.29 is 24.4 Å². The van der Waals surface area contributed by atoms with E-state index in [1.807, 2.05) is 0 Å². The molecule has 3 aromatic rings. The highest BCUT2D eigenvalue weighted by molar-refractivity contribution is 6.51. The normalized spacial score (nSPS) is 17.3. The zero-order valence-corrected chi connectivity index (χ0v) is 18.0. The number of aliphatic hydroxyl groups is 1. The number of benzene rings is 3. The van der Waals surface area contributed by atoms with Gasteiger partial charge in [0.1, 0.15) is 11.5 Å². The van der Waals surface area contributed by atoms with Crippen LogP contribution in [0.4, 0.5) is 11.4 Å². The number of ketones is 1. The molecule has 1 heterocycles. The SMILES string of the molecule is COc1ccc(N2C(=O)C(=O)/C(=C(/O)c3ccc(Cl)cc3)[C@H]2c2ccc([N+](=O)[O-])cc2)cc1. The van der Waals surface area contributed by atoms with Gasteiger partial charge in [-0.1, -0.05) is 11.6 Å². The van der Waals surface area contributed by atoms with Crippen molar-refractivity contribution >= 4 is 40.4 Å². The first kappa shape index (κ1) is 22.0. The number of Topliss-reactive ketones (excluding diaryl/α,β-unsaturated/α-hetero) is 1. The molecule has 9 heteroatoms. The van der Waals surface area contributed by atoms with Gasteiger partial charge in [-0.2, -0.15) is 0 Å². The molecule has 0 spiro atoms. The molecule has 1 aliphatic heterocycles. The largest absolute Gasteiger partial charge is 0.507 e. The lowest BCUT2D eigenvalue weighted by atomic mass is 9.95. The molecular formula is C24H17ClN2O6. The van der Waals surface area contributed by atoms with Gasteiger partial charge in [0, 0.05) is 28.4 Å². The third-order valence-electron chi connectivity index (χ3n) is 5.33. The van der Waals surface area contributed by atoms with Crippen LogP contribution in [0, 0.1) is 10.1 Å². The number of carbonyl (C=O) groups is 2. The number of amides is 1. The zero-order valence-electron chi connectivity index (χ0n) is 17.3. The molecule has 8 nitrogen and oxygen atoms in total. The molecule has 3 aromatic carbocycles. The molecule has 0 bridgehead atoms. The van der Waals surface area contributed by atoms with Gasteiger partial charge >= 0.3 is 0 Å². The monoisotopic (exact) mass is 464 g/mol. The van der Waals surface area contributed by atoms with E-state index in [1.54, 1.807) is 36.4 Å². The van der Waals surface area contributed by atoms with Gasteiger partial charge in [0.05, 0.1) is 23.6 Å². The molecule has 1 fully saturated rings. The van der Waals surface area contributed by atoms with E-state index in [4.69, 9.17) is 16.3 Å². The van der Waals surface area contributed by atoms with Gasteiger partial charge in [0.2, 0.25) is 0 Å². The summed E-state index contributed by atoms with van der Waals surface area (Å²) >= 11 is 5.93. The molecule has 1 aliphatic rings. The first-order valence-electron chi connectivity index (χ1n) is 9.77. The fourth-order valence-electron chi connectivity index (χ4n) is 3.70. The van der Waals surface area contributed by atoms with E-state index in [1.165, 1.54) is 48.4 Å². The highest BCUT2D eigenvalue weighted by atomic mass is 35.5. The molecule has 1 atom stereocenters. The van der Waals surface area contributed by atoms with Gasteiger partial charge < -0.3 is 9.84 Å². The van der Waals surface area contributed by atoms with E-state index in [9.17, 15) is 24.8 Å². The van der Waals surface area contributed by atoms with Crippen LogP contribution >= 0.6 is 11.6 Å². The minimum Gasteiger partial charge on any atom is -0.507 e. The van der Waals surface area contributed by atoms with Crippen LogP contribution in [0.1, 0.15) is 17.2 Å². The third-order valence-corrected chi connectivity index (χ3v) is 5.58. The van der Waals surface area contributed by atoms with E-state index in [-0.39, 0.29) is 17.0 Å². The van der Waals surface area contributed by atoms with Crippen molar-refractivity contribution in [3.8, 4) is 5.75 Å². The maximum atomic E-state index is 13.1. The maximum Gasteiger partial charge on any atom is 0.300 e. The van der Waals surface area contributed by atoms with Crippen LogP contribution in [0.3, 0.4) is 0 Å². The highest BCUT2D eigenvalue weighted by Crippen LogP contribution is 2.42. The number of aliphatic hydroxyl groups excluding tert-OH is 1. The Morgan fingerprint density at radius 1 is 1.00 bits per heavy atom. The molecule has 1 N–H and O–H groups in total. The molecular weight excluding hydrogens is 448 g/mol. The predicted octanol–water partition coefficient (Wildman–Crippen LogP) is 4.88. The lowest BCUT2D eigenvalue weighted by Gasteiger charge is -2.25. The number of nitro groups is 1. The quantitative estimate of drug-likeness (QED) is 0.189. The van der Waals surface area contributed by atoms with Gasteiger partial charge in [0.25, 0.3) is 17.4 Å². The van der Waals surface area contributed by atoms with Gasteiger partial charge in [-0.25, -0.2) is 0 Å². The van der Waals surface area contributed by atoms with Crippen LogP contribution in [0.25, 0.3) is 5.76 Å². The van der Waals surface area contributed by atoms with E-state index in [0.717, 1.165) is 0 Å². The Hall–Kier alpha value is -4.17. The summed E-state index contributed by atoms with van der Waals surface area (Å²) < 4.78 is 5.16. The number of hydrogen-bond donors (Lipinski definition) is 1. The Morgan fingerprint density at radius 2 is 1.61 bits per heavy atom. The van der Waals surface area contributed by atoms with Crippen molar-refractivity contribution in [3.05, 3.63) is 105 Å². The number of ether oxygens (including phenoxy) is 1. The van der Waals surface area contributed by atoms with E-state index < -0.39 is 22.7 Å². The van der Waals surface area contributed by atoms with Crippen LogP contribution in [0.2, 0.25) is 5.02 Å². The summed E-state index contributed by atoms with van der Waals surface area (Å²) in [6.07, 6.45) is 0. The molecule has 1 amide bonds. The number of rotatable bonds is 5. The zero-order chi connectivity index (χ0) is 23.7. The van der Waals surface area contributed by atoms with E-state index in [2.05, 4.69) is 0 Å². The minimum absolute atomic E-state index is 0.132. The lowest BCUT2D eigenvalue weighted by Crippen LogP contribution is -2.29. The number of non-ortho nitro benzene ring substituents is 1. The molecule has 4 rings (SSSR count). The topological polar surface area (TPSA) is 110 Å². The van der Waals surface area contributed by atoms with Gasteiger partial charge in [-0.05, 0) is 66.2 Å². The number of anilines is 1. The molecule has 0 radical (unpaired) electrons. The van der Waals surface area contributed by atoms with Crippen molar-refractivity contribution in [1.82, 2.24) is 0 Å². The first-order chi connectivity index (χ1) is 15.8. The van der Waals surface area contributed by atoms with Crippen LogP contribution in [-0.2, 0) is 9.59 Å². The molecule has 0 saturated carbocycles. The maximum absolute atomic E-state index is 13.1. The average Bonchev–Trinajstić information content (AvgIpc) is 3.09. The molecule has 33 heavy (non-hydrogen) atoms. The van der Waals surface area contributed by atoms with E-state index >= 15 is 0 Å². The van der Waals surface area contributed by atoms with Crippen LogP contribution in [0.15, 0.2) is 78.4 Å². The van der Waals surface area contributed by atoms with E-state index in [0.29, 0.717) is 27.6 Å². The Bertz CT molecular complexity index is 1270. The lowest BCUT2D eigenvalue weighted by molar-refractivity contribution is -0.384. The number of hydrogen-bond acceptors (Lipinski definition) is 6. The Kier molecular flexibility index (Phi) is 5.85. The molecule has 0 aliphatic carbocycles. The second-order valence-corrected chi connectivity index (χ2v) is 7.66. The Balaban J connectivity index is 1.91. The fraction of sp³-hybridized carbons (Fsp3) is 0.0833. The second kappa shape index (κ2) is 8.76. The number of methoxy groups -OCH3 is 1. The summed E-state index contributed by atoms with van der Waals surface area (Å²) in [6.45, 7) is 0. The molecule has 166 valence electrons. The average molecular weight is 465 g/mol. The Morgan fingerprint density at radius 3 is 2.15 bits per heavy atom. The van der Waals surface area contributed by atoms with Crippen LogP contribution in [-0.4, -0.2) is 28.8 Å². The summed E-state index contributed by atoms with van der Waals surface area (Å²) in [5.41, 5.74) is 0.853. The van der Waals surface area contributed by atoms with Crippen molar-refractivity contribution in [2.75, 3.05) is 12.0 Å². The van der Waals surface area contributed by atoms with Crippen molar-refractivity contribution in [1.29, 1.82) is 0 Å².